The van der Waals surface area contributed by atoms with Crippen molar-refractivity contribution in [2.75, 3.05) is 18.4 Å². The molecule has 1 aromatic carbocycles. The van der Waals surface area contributed by atoms with Gasteiger partial charge in [0.1, 0.15) is 5.52 Å². The Morgan fingerprint density at radius 1 is 1.22 bits per heavy atom. The Bertz CT molecular complexity index is 1100. The van der Waals surface area contributed by atoms with Gasteiger partial charge in [-0.3, -0.25) is 10.1 Å². The minimum atomic E-state index is -3.58. The maximum absolute atomic E-state index is 12.8. The smallest absolute Gasteiger partial charge is 0.251 e. The summed E-state index contributed by atoms with van der Waals surface area (Å²) in [5, 5.41) is 11.3. The maximum atomic E-state index is 12.8. The van der Waals surface area contributed by atoms with Crippen LogP contribution in [0.1, 0.15) is 27.7 Å². The van der Waals surface area contributed by atoms with Gasteiger partial charge in [-0.2, -0.15) is 9.29 Å². The highest BCUT2D eigenvalue weighted by atomic mass is 32.2. The van der Waals surface area contributed by atoms with E-state index in [9.17, 15) is 13.2 Å². The van der Waals surface area contributed by atoms with Crippen molar-refractivity contribution in [2.24, 2.45) is 5.92 Å². The number of carbonyl (C=O) groups excluding carboxylic acids is 1. The molecule has 0 spiro atoms. The van der Waals surface area contributed by atoms with Gasteiger partial charge in [-0.15, -0.1) is 10.2 Å². The van der Waals surface area contributed by atoms with Crippen LogP contribution in [0.2, 0.25) is 0 Å². The molecule has 0 unspecified atom stereocenters. The van der Waals surface area contributed by atoms with E-state index in [1.54, 1.807) is 45.9 Å². The predicted molar refractivity (Wildman–Crippen MR) is 103 cm³/mol. The minimum absolute atomic E-state index is 0.101. The number of anilines is 1. The first-order valence-corrected chi connectivity index (χ1v) is 10.2. The molecule has 0 aliphatic carbocycles. The molecule has 0 radical (unpaired) electrons. The van der Waals surface area contributed by atoms with Gasteiger partial charge in [-0.05, 0) is 18.2 Å². The molecule has 2 aromatic heterocycles. The zero-order valence-corrected chi connectivity index (χ0v) is 16.5. The number of H-pyrrole nitrogens is 1. The first-order chi connectivity index (χ1) is 12.8. The van der Waals surface area contributed by atoms with Gasteiger partial charge in [0.25, 0.3) is 5.95 Å². The highest BCUT2D eigenvalue weighted by Gasteiger charge is 2.23. The quantitative estimate of drug-likeness (QED) is 0.665. The van der Waals surface area contributed by atoms with E-state index in [2.05, 4.69) is 25.5 Å². The van der Waals surface area contributed by atoms with Gasteiger partial charge in [-0.25, -0.2) is 8.42 Å². The van der Waals surface area contributed by atoms with Crippen LogP contribution in [-0.2, 0) is 14.8 Å². The second kappa shape index (κ2) is 7.20. The topological polar surface area (TPSA) is 121 Å². The molecule has 2 N–H and O–H groups in total. The molecule has 0 aliphatic heterocycles. The molecule has 27 heavy (non-hydrogen) atoms. The first-order valence-electron chi connectivity index (χ1n) is 8.75. The van der Waals surface area contributed by atoms with Crippen LogP contribution < -0.4 is 5.32 Å². The summed E-state index contributed by atoms with van der Waals surface area (Å²) in [4.78, 5) is 19.3. The molecule has 1 amide bonds. The number of nitrogens with zero attached hydrogens (tertiary/aromatic N) is 4. The van der Waals surface area contributed by atoms with Crippen molar-refractivity contribution < 1.29 is 13.2 Å². The SMILES string of the molecule is CCN(CC)S(=O)(=O)c1ccc2[nH]c3nc(NC(=O)C(C)C)nnc3c2c1. The van der Waals surface area contributed by atoms with Gasteiger partial charge in [-0.1, -0.05) is 27.7 Å². The lowest BCUT2D eigenvalue weighted by Gasteiger charge is -2.18. The van der Waals surface area contributed by atoms with Gasteiger partial charge >= 0.3 is 0 Å². The molecule has 144 valence electrons. The third-order valence-electron chi connectivity index (χ3n) is 4.29. The lowest BCUT2D eigenvalue weighted by atomic mass is 10.2. The summed E-state index contributed by atoms with van der Waals surface area (Å²) in [6, 6.07) is 4.81. The summed E-state index contributed by atoms with van der Waals surface area (Å²) in [5.74, 6) is -0.316. The minimum Gasteiger partial charge on any atom is -0.338 e. The Labute approximate surface area is 157 Å². The lowest BCUT2D eigenvalue weighted by Crippen LogP contribution is -2.30. The molecule has 0 bridgehead atoms. The van der Waals surface area contributed by atoms with E-state index in [0.29, 0.717) is 35.2 Å². The zero-order valence-electron chi connectivity index (χ0n) is 15.6. The Morgan fingerprint density at radius 2 is 1.93 bits per heavy atom. The number of aromatic nitrogens is 4. The number of rotatable bonds is 6. The fourth-order valence-electron chi connectivity index (χ4n) is 2.73. The lowest BCUT2D eigenvalue weighted by molar-refractivity contribution is -0.118. The molecule has 0 fully saturated rings. The number of benzene rings is 1. The van der Waals surface area contributed by atoms with Crippen LogP contribution in [-0.4, -0.2) is 51.9 Å². The second-order valence-electron chi connectivity index (χ2n) is 6.40. The van der Waals surface area contributed by atoms with Gasteiger partial charge in [0, 0.05) is 29.9 Å². The third-order valence-corrected chi connectivity index (χ3v) is 6.33. The van der Waals surface area contributed by atoms with Crippen LogP contribution in [0.15, 0.2) is 23.1 Å². The van der Waals surface area contributed by atoms with Crippen molar-refractivity contribution in [2.45, 2.75) is 32.6 Å². The number of nitrogens with one attached hydrogen (secondary N) is 2. The average Bonchev–Trinajstić information content (AvgIpc) is 2.99. The molecule has 0 saturated heterocycles. The summed E-state index contributed by atoms with van der Waals surface area (Å²) in [6.07, 6.45) is 0. The van der Waals surface area contributed by atoms with Crippen molar-refractivity contribution >= 4 is 43.9 Å². The van der Waals surface area contributed by atoms with E-state index >= 15 is 0 Å². The number of aromatic amines is 1. The highest BCUT2D eigenvalue weighted by Crippen LogP contribution is 2.26. The summed E-state index contributed by atoms with van der Waals surface area (Å²) < 4.78 is 26.9. The molecule has 3 rings (SSSR count). The van der Waals surface area contributed by atoms with Crippen molar-refractivity contribution in [1.29, 1.82) is 0 Å². The molecule has 2 heterocycles. The van der Waals surface area contributed by atoms with Gasteiger partial charge < -0.3 is 4.98 Å². The molecule has 3 aromatic rings. The summed E-state index contributed by atoms with van der Waals surface area (Å²) in [6.45, 7) is 7.92. The van der Waals surface area contributed by atoms with Crippen LogP contribution >= 0.6 is 0 Å². The molecule has 0 aliphatic rings. The van der Waals surface area contributed by atoms with E-state index in [1.165, 1.54) is 4.31 Å². The van der Waals surface area contributed by atoms with Crippen LogP contribution in [0.4, 0.5) is 5.95 Å². The molecule has 9 nitrogen and oxygen atoms in total. The summed E-state index contributed by atoms with van der Waals surface area (Å²) in [5.41, 5.74) is 1.57. The van der Waals surface area contributed by atoms with Crippen molar-refractivity contribution in [3.63, 3.8) is 0 Å². The molecule has 10 heteroatoms. The molecule has 0 saturated carbocycles. The second-order valence-corrected chi connectivity index (χ2v) is 8.34. The van der Waals surface area contributed by atoms with Crippen molar-refractivity contribution in [3.8, 4) is 0 Å². The molecule has 0 atom stereocenters. The van der Waals surface area contributed by atoms with Crippen molar-refractivity contribution in [1.82, 2.24) is 24.5 Å². The normalized spacial score (nSPS) is 12.4. The van der Waals surface area contributed by atoms with Crippen molar-refractivity contribution in [3.05, 3.63) is 18.2 Å². The van der Waals surface area contributed by atoms with E-state index in [4.69, 9.17) is 0 Å². The molecular formula is C17H22N6O3S. The number of amides is 1. The van der Waals surface area contributed by atoms with Crippen LogP contribution in [0.3, 0.4) is 0 Å². The van der Waals surface area contributed by atoms with Gasteiger partial charge in [0.2, 0.25) is 15.9 Å². The zero-order chi connectivity index (χ0) is 19.8. The molecular weight excluding hydrogens is 368 g/mol. The number of hydrogen-bond donors (Lipinski definition) is 2. The first kappa shape index (κ1) is 19.2. The summed E-state index contributed by atoms with van der Waals surface area (Å²) in [7, 11) is -3.58. The Morgan fingerprint density at radius 3 is 2.56 bits per heavy atom. The van der Waals surface area contributed by atoms with Gasteiger partial charge in [0.15, 0.2) is 5.65 Å². The van der Waals surface area contributed by atoms with Gasteiger partial charge in [0.05, 0.1) is 4.90 Å². The van der Waals surface area contributed by atoms with Crippen LogP contribution in [0.5, 0.6) is 0 Å². The van der Waals surface area contributed by atoms with E-state index < -0.39 is 10.0 Å². The van der Waals surface area contributed by atoms with Crippen LogP contribution in [0.25, 0.3) is 22.1 Å². The standard InChI is InChI=1S/C17H22N6O3S/c1-5-23(6-2)27(25,26)11-7-8-13-12(9-11)14-15(18-13)19-17(22-21-14)20-16(24)10(3)4/h7-10H,5-6H2,1-4H3,(H2,18,19,20,22,24). The Kier molecular flexibility index (Phi) is 5.11. The van der Waals surface area contributed by atoms with Crippen LogP contribution in [0, 0.1) is 5.92 Å². The average molecular weight is 390 g/mol. The highest BCUT2D eigenvalue weighted by molar-refractivity contribution is 7.89. The number of sulfonamides is 1. The predicted octanol–water partition coefficient (Wildman–Crippen LogP) is 2.13. The fraction of sp³-hybridized carbons (Fsp3) is 0.412. The monoisotopic (exact) mass is 390 g/mol. The maximum Gasteiger partial charge on any atom is 0.251 e. The van der Waals surface area contributed by atoms with E-state index in [1.807, 2.05) is 0 Å². The number of hydrogen-bond acceptors (Lipinski definition) is 6. The fourth-order valence-corrected chi connectivity index (χ4v) is 4.22. The van der Waals surface area contributed by atoms with E-state index in [0.717, 1.165) is 0 Å². The Balaban J connectivity index is 2.07. The number of fused-ring (bicyclic) bond motifs is 3. The van der Waals surface area contributed by atoms with E-state index in [-0.39, 0.29) is 22.7 Å². The summed E-state index contributed by atoms with van der Waals surface area (Å²) >= 11 is 0. The largest absolute Gasteiger partial charge is 0.338 e. The number of carbonyl (C=O) groups is 1. The Hall–Kier alpha value is -2.59. The third kappa shape index (κ3) is 3.50.